The molecule has 1 aliphatic carbocycles. The predicted octanol–water partition coefficient (Wildman–Crippen LogP) is 0.891. The highest BCUT2D eigenvalue weighted by Gasteiger charge is 2.24. The highest BCUT2D eigenvalue weighted by molar-refractivity contribution is 5.03. The first-order valence-electron chi connectivity index (χ1n) is 5.40. The van der Waals surface area contributed by atoms with Crippen LogP contribution in [0, 0.1) is 0 Å². The first-order chi connectivity index (χ1) is 7.93. The van der Waals surface area contributed by atoms with Gasteiger partial charge in [0.2, 0.25) is 6.39 Å². The van der Waals surface area contributed by atoms with Crippen molar-refractivity contribution in [2.75, 3.05) is 0 Å². The van der Waals surface area contributed by atoms with E-state index in [1.54, 1.807) is 0 Å². The maximum atomic E-state index is 4.66. The van der Waals surface area contributed by atoms with Gasteiger partial charge in [-0.1, -0.05) is 5.16 Å². The Kier molecular flexibility index (Phi) is 2.41. The predicted molar refractivity (Wildman–Crippen MR) is 55.3 cm³/mol. The third-order valence-electron chi connectivity index (χ3n) is 2.68. The fourth-order valence-corrected chi connectivity index (χ4v) is 1.72. The van der Waals surface area contributed by atoms with Gasteiger partial charge in [-0.2, -0.15) is 4.98 Å². The van der Waals surface area contributed by atoms with E-state index in [-0.39, 0.29) is 0 Å². The van der Waals surface area contributed by atoms with Crippen LogP contribution in [0.15, 0.2) is 23.4 Å². The van der Waals surface area contributed by atoms with E-state index >= 15 is 0 Å². The molecule has 0 aliphatic heterocycles. The van der Waals surface area contributed by atoms with E-state index in [2.05, 4.69) is 29.5 Å². The minimum absolute atomic E-state index is 0.617. The van der Waals surface area contributed by atoms with Crippen LogP contribution in [-0.4, -0.2) is 19.7 Å². The number of nitrogens with one attached hydrogen (secondary N) is 1. The normalized spacial score (nSPS) is 15.5. The SMILES string of the molecule is c1nc(CNCc2cncn2C2CC2)no1. The van der Waals surface area contributed by atoms with E-state index in [0.717, 1.165) is 6.54 Å². The molecular formula is C10H13N5O. The van der Waals surface area contributed by atoms with Crippen molar-refractivity contribution in [1.82, 2.24) is 25.0 Å². The molecule has 1 fully saturated rings. The first-order valence-corrected chi connectivity index (χ1v) is 5.40. The van der Waals surface area contributed by atoms with Gasteiger partial charge in [-0.25, -0.2) is 4.98 Å². The summed E-state index contributed by atoms with van der Waals surface area (Å²) in [7, 11) is 0. The smallest absolute Gasteiger partial charge is 0.213 e. The summed E-state index contributed by atoms with van der Waals surface area (Å²) in [6.07, 6.45) is 7.69. The number of aromatic nitrogens is 4. The molecule has 6 nitrogen and oxygen atoms in total. The van der Waals surface area contributed by atoms with Gasteiger partial charge in [0, 0.05) is 18.8 Å². The third kappa shape index (κ3) is 1.96. The van der Waals surface area contributed by atoms with Crippen LogP contribution in [-0.2, 0) is 13.1 Å². The van der Waals surface area contributed by atoms with Crippen molar-refractivity contribution < 1.29 is 4.52 Å². The second kappa shape index (κ2) is 4.05. The summed E-state index contributed by atoms with van der Waals surface area (Å²) in [4.78, 5) is 8.11. The number of imidazole rings is 1. The molecule has 0 saturated heterocycles. The summed E-state index contributed by atoms with van der Waals surface area (Å²) in [5.74, 6) is 0.678. The molecule has 1 aliphatic rings. The lowest BCUT2D eigenvalue weighted by molar-refractivity contribution is 0.407. The van der Waals surface area contributed by atoms with Crippen molar-refractivity contribution in [3.8, 4) is 0 Å². The first kappa shape index (κ1) is 9.53. The van der Waals surface area contributed by atoms with E-state index in [1.165, 1.54) is 24.9 Å². The van der Waals surface area contributed by atoms with Gasteiger partial charge in [0.05, 0.1) is 18.6 Å². The lowest BCUT2D eigenvalue weighted by atomic mass is 10.4. The Balaban J connectivity index is 1.56. The fraction of sp³-hybridized carbons (Fsp3) is 0.500. The van der Waals surface area contributed by atoms with Gasteiger partial charge < -0.3 is 14.4 Å². The van der Waals surface area contributed by atoms with Crippen LogP contribution in [0.1, 0.15) is 30.4 Å². The Morgan fingerprint density at radius 2 is 2.38 bits per heavy atom. The Labute approximate surface area is 92.7 Å². The van der Waals surface area contributed by atoms with E-state index in [0.29, 0.717) is 18.4 Å². The van der Waals surface area contributed by atoms with Gasteiger partial charge in [-0.05, 0) is 12.8 Å². The van der Waals surface area contributed by atoms with Crippen LogP contribution in [0.25, 0.3) is 0 Å². The van der Waals surface area contributed by atoms with Crippen molar-refractivity contribution in [3.63, 3.8) is 0 Å². The van der Waals surface area contributed by atoms with E-state index in [4.69, 9.17) is 0 Å². The van der Waals surface area contributed by atoms with Crippen molar-refractivity contribution in [3.05, 3.63) is 30.4 Å². The molecule has 0 aromatic carbocycles. The van der Waals surface area contributed by atoms with Gasteiger partial charge in [0.1, 0.15) is 0 Å². The highest BCUT2D eigenvalue weighted by atomic mass is 16.5. The fourth-order valence-electron chi connectivity index (χ4n) is 1.72. The summed E-state index contributed by atoms with van der Waals surface area (Å²) in [6, 6.07) is 0.671. The Morgan fingerprint density at radius 3 is 3.12 bits per heavy atom. The summed E-state index contributed by atoms with van der Waals surface area (Å²) in [5, 5.41) is 7.00. The van der Waals surface area contributed by atoms with Crippen molar-refractivity contribution in [2.24, 2.45) is 0 Å². The number of nitrogens with zero attached hydrogens (tertiary/aromatic N) is 4. The second-order valence-electron chi connectivity index (χ2n) is 3.97. The molecule has 16 heavy (non-hydrogen) atoms. The quantitative estimate of drug-likeness (QED) is 0.808. The van der Waals surface area contributed by atoms with Crippen LogP contribution < -0.4 is 5.32 Å². The van der Waals surface area contributed by atoms with Crippen molar-refractivity contribution >= 4 is 0 Å². The summed E-state index contributed by atoms with van der Waals surface area (Å²) in [6.45, 7) is 1.40. The average Bonchev–Trinajstić information content (AvgIpc) is 2.82. The average molecular weight is 219 g/mol. The minimum atomic E-state index is 0.617. The number of rotatable bonds is 5. The Morgan fingerprint density at radius 1 is 1.44 bits per heavy atom. The topological polar surface area (TPSA) is 68.8 Å². The summed E-state index contributed by atoms with van der Waals surface area (Å²) in [5.41, 5.74) is 1.21. The molecule has 2 aromatic heterocycles. The minimum Gasteiger partial charge on any atom is -0.343 e. The molecule has 0 spiro atoms. The van der Waals surface area contributed by atoms with Crippen molar-refractivity contribution in [1.29, 1.82) is 0 Å². The summed E-state index contributed by atoms with van der Waals surface area (Å²) < 4.78 is 6.89. The molecule has 3 rings (SSSR count). The Hall–Kier alpha value is -1.69. The van der Waals surface area contributed by atoms with E-state index in [1.807, 2.05) is 12.5 Å². The van der Waals surface area contributed by atoms with Crippen LogP contribution in [0.2, 0.25) is 0 Å². The van der Waals surface area contributed by atoms with Crippen LogP contribution in [0.5, 0.6) is 0 Å². The molecule has 1 N–H and O–H groups in total. The molecular weight excluding hydrogens is 206 g/mol. The maximum Gasteiger partial charge on any atom is 0.213 e. The zero-order chi connectivity index (χ0) is 10.8. The Bertz CT molecular complexity index is 445. The third-order valence-corrected chi connectivity index (χ3v) is 2.68. The lowest BCUT2D eigenvalue weighted by Gasteiger charge is -2.06. The lowest BCUT2D eigenvalue weighted by Crippen LogP contribution is -2.16. The standard InChI is InChI=1S/C10H13N5O/c1-2-8(1)15-6-12-4-9(15)3-11-5-10-13-7-16-14-10/h4,6-8,11H,1-3,5H2. The zero-order valence-electron chi connectivity index (χ0n) is 8.83. The second-order valence-corrected chi connectivity index (χ2v) is 3.97. The van der Waals surface area contributed by atoms with E-state index in [9.17, 15) is 0 Å². The largest absolute Gasteiger partial charge is 0.343 e. The molecule has 84 valence electrons. The van der Waals surface area contributed by atoms with Crippen LogP contribution in [0.3, 0.4) is 0 Å². The number of hydrogen-bond donors (Lipinski definition) is 1. The number of hydrogen-bond acceptors (Lipinski definition) is 5. The van der Waals surface area contributed by atoms with Crippen molar-refractivity contribution in [2.45, 2.75) is 32.0 Å². The van der Waals surface area contributed by atoms with Crippen LogP contribution in [0.4, 0.5) is 0 Å². The van der Waals surface area contributed by atoms with Gasteiger partial charge in [0.15, 0.2) is 5.82 Å². The molecule has 0 radical (unpaired) electrons. The maximum absolute atomic E-state index is 4.66. The van der Waals surface area contributed by atoms with E-state index < -0.39 is 0 Å². The molecule has 1 saturated carbocycles. The van der Waals surface area contributed by atoms with Gasteiger partial charge in [0.25, 0.3) is 0 Å². The van der Waals surface area contributed by atoms with Gasteiger partial charge in [-0.3, -0.25) is 0 Å². The van der Waals surface area contributed by atoms with Gasteiger partial charge >= 0.3 is 0 Å². The molecule has 0 unspecified atom stereocenters. The molecule has 0 atom stereocenters. The molecule has 2 heterocycles. The monoisotopic (exact) mass is 219 g/mol. The van der Waals surface area contributed by atoms with Crippen LogP contribution >= 0.6 is 0 Å². The molecule has 2 aromatic rings. The molecule has 6 heteroatoms. The highest BCUT2D eigenvalue weighted by Crippen LogP contribution is 2.35. The summed E-state index contributed by atoms with van der Waals surface area (Å²) >= 11 is 0. The molecule has 0 amide bonds. The zero-order valence-corrected chi connectivity index (χ0v) is 8.83. The van der Waals surface area contributed by atoms with Gasteiger partial charge in [-0.15, -0.1) is 0 Å². The molecule has 0 bridgehead atoms.